The SMILES string of the molecule is COc1cccc(C=NNC(=O)CSc2[nH]c3ccccc3[n+]2C)c1O. The number of fused-ring (bicyclic) bond motifs is 1. The van der Waals surface area contributed by atoms with Gasteiger partial charge < -0.3 is 9.84 Å². The van der Waals surface area contributed by atoms with Crippen LogP contribution >= 0.6 is 11.8 Å². The Bertz CT molecular complexity index is 968. The fourth-order valence-corrected chi connectivity index (χ4v) is 3.27. The Morgan fingerprint density at radius 3 is 2.92 bits per heavy atom. The van der Waals surface area contributed by atoms with E-state index in [9.17, 15) is 9.90 Å². The number of hydrazone groups is 1. The van der Waals surface area contributed by atoms with Crippen LogP contribution in [0.1, 0.15) is 5.56 Å². The number of hydrogen-bond acceptors (Lipinski definition) is 5. The van der Waals surface area contributed by atoms with Gasteiger partial charge in [0.15, 0.2) is 22.5 Å². The Balaban J connectivity index is 1.58. The molecule has 2 aromatic carbocycles. The van der Waals surface area contributed by atoms with E-state index in [-0.39, 0.29) is 17.4 Å². The number of amides is 1. The molecule has 3 aromatic rings. The number of benzene rings is 2. The lowest BCUT2D eigenvalue weighted by molar-refractivity contribution is -0.683. The van der Waals surface area contributed by atoms with Crippen LogP contribution in [-0.4, -0.2) is 35.1 Å². The van der Waals surface area contributed by atoms with E-state index >= 15 is 0 Å². The average Bonchev–Trinajstić information content (AvgIpc) is 2.98. The van der Waals surface area contributed by atoms with Crippen molar-refractivity contribution in [1.82, 2.24) is 10.4 Å². The highest BCUT2D eigenvalue weighted by Gasteiger charge is 2.16. The summed E-state index contributed by atoms with van der Waals surface area (Å²) in [6.45, 7) is 0. The molecule has 0 saturated heterocycles. The van der Waals surface area contributed by atoms with Crippen LogP contribution in [-0.2, 0) is 11.8 Å². The van der Waals surface area contributed by atoms with Gasteiger partial charge in [-0.2, -0.15) is 5.10 Å². The molecule has 0 unspecified atom stereocenters. The molecular weight excluding hydrogens is 352 g/mol. The van der Waals surface area contributed by atoms with Gasteiger partial charge in [0.2, 0.25) is 0 Å². The van der Waals surface area contributed by atoms with Crippen LogP contribution < -0.4 is 14.7 Å². The lowest BCUT2D eigenvalue weighted by atomic mass is 10.2. The van der Waals surface area contributed by atoms with Crippen LogP contribution in [0.2, 0.25) is 0 Å². The van der Waals surface area contributed by atoms with E-state index in [1.807, 2.05) is 35.9 Å². The molecule has 0 aliphatic carbocycles. The summed E-state index contributed by atoms with van der Waals surface area (Å²) in [4.78, 5) is 15.3. The highest BCUT2D eigenvalue weighted by atomic mass is 32.2. The number of carbonyl (C=O) groups excluding carboxylic acids is 1. The van der Waals surface area contributed by atoms with Gasteiger partial charge in [0, 0.05) is 5.56 Å². The number of nitrogens with one attached hydrogen (secondary N) is 2. The number of imidazole rings is 1. The van der Waals surface area contributed by atoms with Gasteiger partial charge in [-0.1, -0.05) is 18.2 Å². The first-order chi connectivity index (χ1) is 12.6. The first kappa shape index (κ1) is 17.8. The number of H-pyrrole nitrogens is 1. The summed E-state index contributed by atoms with van der Waals surface area (Å²) in [5, 5.41) is 14.7. The molecule has 1 amide bonds. The molecule has 0 bridgehead atoms. The molecule has 134 valence electrons. The molecule has 0 aliphatic heterocycles. The van der Waals surface area contributed by atoms with Crippen LogP contribution in [0.5, 0.6) is 11.5 Å². The number of aromatic nitrogens is 2. The van der Waals surface area contributed by atoms with E-state index in [1.165, 1.54) is 25.1 Å². The number of rotatable bonds is 6. The molecule has 3 rings (SSSR count). The zero-order valence-corrected chi connectivity index (χ0v) is 15.2. The fourth-order valence-electron chi connectivity index (χ4n) is 2.46. The zero-order valence-electron chi connectivity index (χ0n) is 14.4. The molecule has 26 heavy (non-hydrogen) atoms. The molecule has 0 fully saturated rings. The third-order valence-electron chi connectivity index (χ3n) is 3.79. The number of hydrogen-bond donors (Lipinski definition) is 3. The van der Waals surface area contributed by atoms with Crippen molar-refractivity contribution in [2.24, 2.45) is 12.1 Å². The van der Waals surface area contributed by atoms with Crippen LogP contribution in [0.3, 0.4) is 0 Å². The number of aromatic amines is 1. The number of phenolic OH excluding ortho intramolecular Hbond substituents is 1. The second kappa shape index (κ2) is 7.92. The number of ether oxygens (including phenoxy) is 1. The van der Waals surface area contributed by atoms with Crippen LogP contribution in [0, 0.1) is 0 Å². The number of methoxy groups -OCH3 is 1. The van der Waals surface area contributed by atoms with Gasteiger partial charge in [0.05, 0.1) is 26.1 Å². The molecule has 0 saturated carbocycles. The van der Waals surface area contributed by atoms with Gasteiger partial charge in [0.1, 0.15) is 0 Å². The lowest BCUT2D eigenvalue weighted by Gasteiger charge is -2.04. The topological polar surface area (TPSA) is 90.6 Å². The number of phenols is 1. The molecule has 0 radical (unpaired) electrons. The third-order valence-corrected chi connectivity index (χ3v) is 4.85. The van der Waals surface area contributed by atoms with E-state index in [0.717, 1.165) is 16.2 Å². The van der Waals surface area contributed by atoms with E-state index in [2.05, 4.69) is 15.5 Å². The molecule has 1 aromatic heterocycles. The largest absolute Gasteiger partial charge is 0.504 e. The molecular formula is C18H19N4O3S+. The van der Waals surface area contributed by atoms with Crippen molar-refractivity contribution in [3.8, 4) is 11.5 Å². The monoisotopic (exact) mass is 371 g/mol. The Hall–Kier alpha value is -3.00. The van der Waals surface area contributed by atoms with Gasteiger partial charge >= 0.3 is 5.16 Å². The molecule has 7 nitrogen and oxygen atoms in total. The molecule has 3 N–H and O–H groups in total. The van der Waals surface area contributed by atoms with Crippen molar-refractivity contribution < 1.29 is 19.2 Å². The van der Waals surface area contributed by atoms with E-state index in [4.69, 9.17) is 4.74 Å². The quantitative estimate of drug-likeness (QED) is 0.267. The summed E-state index contributed by atoms with van der Waals surface area (Å²) < 4.78 is 7.03. The number of thioether (sulfide) groups is 1. The third kappa shape index (κ3) is 3.80. The predicted octanol–water partition coefficient (Wildman–Crippen LogP) is 1.95. The van der Waals surface area contributed by atoms with Crippen LogP contribution in [0.4, 0.5) is 0 Å². The highest BCUT2D eigenvalue weighted by molar-refractivity contribution is 7.99. The first-order valence-electron chi connectivity index (χ1n) is 7.87. The summed E-state index contributed by atoms with van der Waals surface area (Å²) in [5.74, 6) is 0.296. The fraction of sp³-hybridized carbons (Fsp3) is 0.167. The second-order valence-electron chi connectivity index (χ2n) is 5.49. The maximum absolute atomic E-state index is 12.0. The van der Waals surface area contributed by atoms with Crippen LogP contribution in [0.15, 0.2) is 52.7 Å². The standard InChI is InChI=1S/C18H18N4O3S/c1-22-14-8-4-3-7-13(14)20-18(22)26-11-16(23)21-19-10-12-6-5-9-15(25-2)17(12)24/h3-10H,11H2,1-2H3,(H2,19,21,23,24)/p+1. The number of aryl methyl sites for hydroxylation is 1. The smallest absolute Gasteiger partial charge is 0.317 e. The van der Waals surface area contributed by atoms with Crippen molar-refractivity contribution in [3.05, 3.63) is 48.0 Å². The maximum Gasteiger partial charge on any atom is 0.317 e. The Morgan fingerprint density at radius 1 is 1.35 bits per heavy atom. The van der Waals surface area contributed by atoms with Gasteiger partial charge in [-0.3, -0.25) is 4.79 Å². The molecule has 8 heteroatoms. The number of carbonyl (C=O) groups is 1. The minimum atomic E-state index is -0.243. The van der Waals surface area contributed by atoms with Crippen molar-refractivity contribution in [2.75, 3.05) is 12.9 Å². The number of aromatic hydroxyl groups is 1. The van der Waals surface area contributed by atoms with Gasteiger partial charge in [-0.15, -0.1) is 0 Å². The van der Waals surface area contributed by atoms with E-state index < -0.39 is 0 Å². The summed E-state index contributed by atoms with van der Waals surface area (Å²) in [6, 6.07) is 13.0. The molecule has 0 aliphatic rings. The summed E-state index contributed by atoms with van der Waals surface area (Å²) in [5.41, 5.74) is 5.00. The summed E-state index contributed by atoms with van der Waals surface area (Å²) in [6.07, 6.45) is 1.38. The summed E-state index contributed by atoms with van der Waals surface area (Å²) in [7, 11) is 3.42. The highest BCUT2D eigenvalue weighted by Crippen LogP contribution is 2.27. The van der Waals surface area contributed by atoms with Gasteiger partial charge in [-0.05, 0) is 36.0 Å². The van der Waals surface area contributed by atoms with E-state index in [0.29, 0.717) is 11.3 Å². The van der Waals surface area contributed by atoms with E-state index in [1.54, 1.807) is 18.2 Å². The lowest BCUT2D eigenvalue weighted by Crippen LogP contribution is -2.30. The molecule has 0 spiro atoms. The molecule has 1 heterocycles. The molecule has 0 atom stereocenters. The van der Waals surface area contributed by atoms with Gasteiger partial charge in [0.25, 0.3) is 5.91 Å². The van der Waals surface area contributed by atoms with Crippen molar-refractivity contribution >= 4 is 34.9 Å². The van der Waals surface area contributed by atoms with Crippen molar-refractivity contribution in [3.63, 3.8) is 0 Å². The Morgan fingerprint density at radius 2 is 2.15 bits per heavy atom. The van der Waals surface area contributed by atoms with Crippen LogP contribution in [0.25, 0.3) is 11.0 Å². The Kier molecular flexibility index (Phi) is 5.43. The van der Waals surface area contributed by atoms with Crippen molar-refractivity contribution in [2.45, 2.75) is 5.16 Å². The first-order valence-corrected chi connectivity index (χ1v) is 8.86. The average molecular weight is 371 g/mol. The number of nitrogens with zero attached hydrogens (tertiary/aromatic N) is 2. The minimum Gasteiger partial charge on any atom is -0.504 e. The van der Waals surface area contributed by atoms with Gasteiger partial charge in [-0.25, -0.2) is 15.0 Å². The second-order valence-corrected chi connectivity index (χ2v) is 6.45. The number of para-hydroxylation sites is 3. The van der Waals surface area contributed by atoms with Crippen molar-refractivity contribution in [1.29, 1.82) is 0 Å². The zero-order chi connectivity index (χ0) is 18.5. The Labute approximate surface area is 154 Å². The summed E-state index contributed by atoms with van der Waals surface area (Å²) >= 11 is 1.39. The normalized spacial score (nSPS) is 11.2. The maximum atomic E-state index is 12.0. The minimum absolute atomic E-state index is 0.0209. The predicted molar refractivity (Wildman–Crippen MR) is 101 cm³/mol.